The van der Waals surface area contributed by atoms with Crippen molar-refractivity contribution in [3.8, 4) is 17.4 Å². The second-order valence-electron chi connectivity index (χ2n) is 17.3. The highest BCUT2D eigenvalue weighted by Gasteiger charge is 2.63. The highest BCUT2D eigenvalue weighted by Crippen LogP contribution is 2.55. The van der Waals surface area contributed by atoms with Crippen LogP contribution >= 0.6 is 7.75 Å². The third-order valence-electron chi connectivity index (χ3n) is 11.2. The van der Waals surface area contributed by atoms with Crippen molar-refractivity contribution in [2.45, 2.75) is 77.8 Å². The molecular weight excluding hydrogens is 858 g/mol. The lowest BCUT2D eigenvalue weighted by molar-refractivity contribution is -0.188. The summed E-state index contributed by atoms with van der Waals surface area (Å²) in [5, 5.41) is 6.18. The van der Waals surface area contributed by atoms with Crippen molar-refractivity contribution in [3.63, 3.8) is 0 Å². The number of fused-ring (bicyclic) bond motifs is 1. The van der Waals surface area contributed by atoms with E-state index >= 15 is 8.78 Å². The number of hydrogen-bond acceptors (Lipinski definition) is 12. The minimum atomic E-state index is -4.58. The number of nitrogens with zero attached hydrogens (tertiary/aromatic N) is 4. The second kappa shape index (κ2) is 18.9. The van der Waals surface area contributed by atoms with Gasteiger partial charge in [-0.05, 0) is 67.1 Å². The van der Waals surface area contributed by atoms with Gasteiger partial charge in [-0.15, -0.1) is 0 Å². The lowest BCUT2D eigenvalue weighted by Crippen LogP contribution is -2.41. The van der Waals surface area contributed by atoms with Gasteiger partial charge in [0.05, 0.1) is 32.6 Å². The number of benzene rings is 4. The zero-order valence-corrected chi connectivity index (χ0v) is 38.6. The fraction of sp³-hybridized carbons (Fsp3) is 0.375. The Morgan fingerprint density at radius 1 is 0.892 bits per heavy atom. The smallest absolute Gasteiger partial charge is 0.459 e. The SMILES string of the molecule is CCOc1nc(NC(c2ccccc2)(c2ccccc2)c2ccc(OC)cc2)nc2c1ncn2[C@@H]1O[C@](F)(COP(=O)(N[C@@H](C)C(=O)OCC(C)(C)C)Oc2ccccc2)[C@@H](C)[C@@]1(C)F. The number of carbonyl (C=O) groups is 1. The Hall–Kier alpha value is -5.93. The van der Waals surface area contributed by atoms with Crippen molar-refractivity contribution in [2.24, 2.45) is 11.3 Å². The first kappa shape index (κ1) is 47.0. The predicted octanol–water partition coefficient (Wildman–Crippen LogP) is 9.97. The molecule has 1 unspecified atom stereocenters. The summed E-state index contributed by atoms with van der Waals surface area (Å²) in [6.07, 6.45) is -0.398. The van der Waals surface area contributed by atoms with Crippen LogP contribution in [0.15, 0.2) is 122 Å². The average Bonchev–Trinajstić information content (AvgIpc) is 3.79. The number of alkyl halides is 2. The van der Waals surface area contributed by atoms with Crippen LogP contribution in [0.2, 0.25) is 0 Å². The number of para-hydroxylation sites is 1. The van der Waals surface area contributed by atoms with E-state index in [0.717, 1.165) is 16.7 Å². The van der Waals surface area contributed by atoms with Crippen LogP contribution in [-0.4, -0.2) is 70.0 Å². The summed E-state index contributed by atoms with van der Waals surface area (Å²) in [4.78, 5) is 27.2. The van der Waals surface area contributed by atoms with Crippen LogP contribution in [-0.2, 0) is 28.9 Å². The van der Waals surface area contributed by atoms with Gasteiger partial charge in [0.15, 0.2) is 23.1 Å². The quantitative estimate of drug-likeness (QED) is 0.0478. The monoisotopic (exact) mass is 912 g/mol. The molecule has 1 fully saturated rings. The highest BCUT2D eigenvalue weighted by atomic mass is 31.2. The van der Waals surface area contributed by atoms with E-state index in [4.69, 9.17) is 38.0 Å². The number of halogens is 2. The standard InChI is InChI=1S/C48H55F2N6O8P/c1-9-60-41-39-40(52-44(53-41)54-48(34-19-13-10-14-20-34,35-21-15-11-16-22-35)36-25-27-37(59-8)28-26-36)56(31-51-39)43-46(7,49)33(3)47(50,63-43)30-62-65(58,64-38-23-17-12-18-24-38)55-32(2)42(57)61-29-45(4,5)6/h10-28,31-33,43H,9,29-30H2,1-8H3,(H,55,58)(H,52,53,54)/t32-,33-,43+,46+,47+,65?/m0/s1. The lowest BCUT2D eigenvalue weighted by atomic mass is 9.77. The summed E-state index contributed by atoms with van der Waals surface area (Å²) < 4.78 is 84.8. The number of anilines is 1. The molecule has 0 saturated carbocycles. The van der Waals surface area contributed by atoms with E-state index in [2.05, 4.69) is 15.4 Å². The predicted molar refractivity (Wildman–Crippen MR) is 242 cm³/mol. The third kappa shape index (κ3) is 10.0. The van der Waals surface area contributed by atoms with Crippen molar-refractivity contribution in [1.82, 2.24) is 24.6 Å². The van der Waals surface area contributed by atoms with E-state index in [1.165, 1.54) is 43.8 Å². The lowest BCUT2D eigenvalue weighted by Gasteiger charge is -2.37. The number of hydrogen-bond donors (Lipinski definition) is 2. The first-order valence-corrected chi connectivity index (χ1v) is 22.9. The molecule has 0 aliphatic carbocycles. The molecule has 2 N–H and O–H groups in total. The summed E-state index contributed by atoms with van der Waals surface area (Å²) in [6, 6.07) is 33.9. The van der Waals surface area contributed by atoms with Gasteiger partial charge in [-0.25, -0.2) is 18.3 Å². The number of imidazole rings is 1. The van der Waals surface area contributed by atoms with Crippen molar-refractivity contribution >= 4 is 30.8 Å². The van der Waals surface area contributed by atoms with E-state index < -0.39 is 55.6 Å². The molecule has 1 aliphatic heterocycles. The van der Waals surface area contributed by atoms with Crippen LogP contribution in [0.4, 0.5) is 14.7 Å². The Balaban J connectivity index is 1.25. The number of rotatable bonds is 18. The minimum absolute atomic E-state index is 0.0734. The molecule has 3 heterocycles. The van der Waals surface area contributed by atoms with Crippen LogP contribution < -0.4 is 24.4 Å². The van der Waals surface area contributed by atoms with Gasteiger partial charge >= 0.3 is 13.7 Å². The van der Waals surface area contributed by atoms with Gasteiger partial charge in [-0.3, -0.25) is 13.9 Å². The first-order valence-electron chi connectivity index (χ1n) is 21.3. The molecule has 4 aromatic carbocycles. The summed E-state index contributed by atoms with van der Waals surface area (Å²) in [6.45, 7) is 10.6. The molecule has 65 heavy (non-hydrogen) atoms. The molecule has 1 aliphatic rings. The summed E-state index contributed by atoms with van der Waals surface area (Å²) in [5.74, 6) is -4.24. The maximum Gasteiger partial charge on any atom is 0.459 e. The Labute approximate surface area is 377 Å². The van der Waals surface area contributed by atoms with Gasteiger partial charge in [-0.1, -0.05) is 119 Å². The van der Waals surface area contributed by atoms with Crippen LogP contribution in [0, 0.1) is 11.3 Å². The van der Waals surface area contributed by atoms with Gasteiger partial charge in [-0.2, -0.15) is 15.1 Å². The van der Waals surface area contributed by atoms with E-state index in [0.29, 0.717) is 5.75 Å². The number of methoxy groups -OCH3 is 1. The molecule has 344 valence electrons. The Morgan fingerprint density at radius 3 is 2.05 bits per heavy atom. The maximum atomic E-state index is 17.4. The number of aromatic nitrogens is 4. The molecule has 0 radical (unpaired) electrons. The highest BCUT2D eigenvalue weighted by molar-refractivity contribution is 7.52. The van der Waals surface area contributed by atoms with Gasteiger partial charge in [0, 0.05) is 0 Å². The summed E-state index contributed by atoms with van der Waals surface area (Å²) >= 11 is 0. The number of esters is 1. The number of ether oxygens (including phenoxy) is 4. The summed E-state index contributed by atoms with van der Waals surface area (Å²) in [5.41, 5.74) is -1.15. The maximum absolute atomic E-state index is 17.4. The second-order valence-corrected chi connectivity index (χ2v) is 19.0. The van der Waals surface area contributed by atoms with Gasteiger partial charge in [0.1, 0.15) is 29.7 Å². The molecule has 6 atom stereocenters. The van der Waals surface area contributed by atoms with E-state index in [1.807, 2.05) is 106 Å². The molecule has 17 heteroatoms. The van der Waals surface area contributed by atoms with Crippen LogP contribution in [0.1, 0.15) is 71.4 Å². The van der Waals surface area contributed by atoms with Crippen LogP contribution in [0.5, 0.6) is 17.4 Å². The van der Waals surface area contributed by atoms with Gasteiger partial charge in [0.2, 0.25) is 17.7 Å². The molecule has 14 nitrogen and oxygen atoms in total. The topological polar surface area (TPSA) is 157 Å². The molecule has 1 saturated heterocycles. The van der Waals surface area contributed by atoms with Crippen LogP contribution in [0.25, 0.3) is 11.2 Å². The largest absolute Gasteiger partial charge is 0.497 e. The Morgan fingerprint density at radius 2 is 1.48 bits per heavy atom. The van der Waals surface area contributed by atoms with E-state index in [-0.39, 0.29) is 47.4 Å². The number of nitrogens with one attached hydrogen (secondary N) is 2. The molecule has 7 rings (SSSR count). The van der Waals surface area contributed by atoms with Crippen molar-refractivity contribution in [2.75, 3.05) is 32.2 Å². The average molecular weight is 913 g/mol. The third-order valence-corrected chi connectivity index (χ3v) is 12.8. The van der Waals surface area contributed by atoms with E-state index in [1.54, 1.807) is 32.2 Å². The molecular formula is C48H55F2N6O8P. The van der Waals surface area contributed by atoms with Crippen LogP contribution in [0.3, 0.4) is 0 Å². The van der Waals surface area contributed by atoms with E-state index in [9.17, 15) is 9.36 Å². The molecule has 0 spiro atoms. The van der Waals surface area contributed by atoms with Crippen molar-refractivity contribution in [3.05, 3.63) is 138 Å². The first-order chi connectivity index (χ1) is 30.9. The fourth-order valence-electron chi connectivity index (χ4n) is 7.57. The molecule has 0 amide bonds. The molecule has 0 bridgehead atoms. The number of carbonyl (C=O) groups excluding carboxylic acids is 1. The van der Waals surface area contributed by atoms with Crippen molar-refractivity contribution in [1.29, 1.82) is 0 Å². The summed E-state index contributed by atoms with van der Waals surface area (Å²) in [7, 11) is -2.99. The zero-order valence-electron chi connectivity index (χ0n) is 37.7. The van der Waals surface area contributed by atoms with Gasteiger partial charge in [0.25, 0.3) is 0 Å². The van der Waals surface area contributed by atoms with Crippen molar-refractivity contribution < 1.29 is 46.1 Å². The Bertz CT molecular complexity index is 2560. The molecule has 2 aromatic heterocycles. The zero-order chi connectivity index (χ0) is 46.6. The normalized spacial score (nSPS) is 21.3. The molecule has 6 aromatic rings. The Kier molecular flexibility index (Phi) is 13.7. The fourth-order valence-corrected chi connectivity index (χ4v) is 9.07. The minimum Gasteiger partial charge on any atom is -0.497 e. The van der Waals surface area contributed by atoms with Gasteiger partial charge < -0.3 is 28.8 Å².